The molecule has 0 aliphatic heterocycles. The molecule has 34 heavy (non-hydrogen) atoms. The van der Waals surface area contributed by atoms with Crippen molar-refractivity contribution in [3.05, 3.63) is 88.0 Å². The Balaban J connectivity index is 1.52. The van der Waals surface area contributed by atoms with E-state index in [1.807, 2.05) is 44.2 Å². The highest BCUT2D eigenvalue weighted by atomic mass is 16.5. The topological polar surface area (TPSA) is 110 Å². The van der Waals surface area contributed by atoms with Crippen LogP contribution in [0.1, 0.15) is 16.8 Å². The van der Waals surface area contributed by atoms with Crippen LogP contribution in [0.4, 0.5) is 11.6 Å². The van der Waals surface area contributed by atoms with Gasteiger partial charge in [0.05, 0.1) is 22.7 Å². The summed E-state index contributed by atoms with van der Waals surface area (Å²) < 4.78 is 7.01. The number of fused-ring (bicyclic) bond motifs is 1. The van der Waals surface area contributed by atoms with Crippen LogP contribution in [0, 0.1) is 25.2 Å². The quantitative estimate of drug-likeness (QED) is 0.417. The average Bonchev–Trinajstić information content (AvgIpc) is 3.31. The molecule has 0 radical (unpaired) electrons. The van der Waals surface area contributed by atoms with Crippen LogP contribution in [0.15, 0.2) is 70.1 Å². The molecule has 166 valence electrons. The number of pyridine rings is 2. The van der Waals surface area contributed by atoms with Crippen molar-refractivity contribution in [2.75, 3.05) is 5.32 Å². The molecule has 0 spiro atoms. The van der Waals surface area contributed by atoms with E-state index >= 15 is 0 Å². The highest BCUT2D eigenvalue weighted by Crippen LogP contribution is 2.29. The van der Waals surface area contributed by atoms with Crippen LogP contribution in [-0.4, -0.2) is 19.7 Å². The number of rotatable bonds is 4. The first-order valence-corrected chi connectivity index (χ1v) is 10.6. The molecular formula is C26H20N6O2. The van der Waals surface area contributed by atoms with Gasteiger partial charge in [0.15, 0.2) is 0 Å². The number of anilines is 2. The summed E-state index contributed by atoms with van der Waals surface area (Å²) in [6.45, 7) is 3.86. The molecule has 2 aromatic carbocycles. The van der Waals surface area contributed by atoms with Gasteiger partial charge < -0.3 is 14.4 Å². The summed E-state index contributed by atoms with van der Waals surface area (Å²) in [5, 5.41) is 17.3. The van der Waals surface area contributed by atoms with Gasteiger partial charge in [0.2, 0.25) is 0 Å². The number of nitrogens with one attached hydrogen (secondary N) is 1. The van der Waals surface area contributed by atoms with Crippen LogP contribution < -0.4 is 10.9 Å². The molecule has 0 amide bonds. The van der Waals surface area contributed by atoms with Gasteiger partial charge in [0, 0.05) is 35.6 Å². The van der Waals surface area contributed by atoms with Gasteiger partial charge in [-0.15, -0.1) is 0 Å². The first-order valence-electron chi connectivity index (χ1n) is 10.6. The third-order valence-electron chi connectivity index (χ3n) is 5.73. The number of nitriles is 1. The zero-order chi connectivity index (χ0) is 23.8. The average molecular weight is 448 g/mol. The van der Waals surface area contributed by atoms with Gasteiger partial charge in [0.1, 0.15) is 0 Å². The molecule has 0 aliphatic rings. The second-order valence-corrected chi connectivity index (χ2v) is 8.04. The fourth-order valence-electron chi connectivity index (χ4n) is 3.93. The number of nitrogens with zero attached hydrogens (tertiary/aromatic N) is 5. The van der Waals surface area contributed by atoms with Crippen molar-refractivity contribution in [3.63, 3.8) is 0 Å². The first kappa shape index (κ1) is 21.1. The van der Waals surface area contributed by atoms with Gasteiger partial charge in [-0.3, -0.25) is 9.78 Å². The molecule has 1 N–H and O–H groups in total. The number of aromatic nitrogens is 4. The highest BCUT2D eigenvalue weighted by Gasteiger charge is 2.15. The third kappa shape index (κ3) is 3.69. The zero-order valence-electron chi connectivity index (χ0n) is 18.8. The number of aryl methyl sites for hydroxylation is 3. The molecule has 5 aromatic rings. The lowest BCUT2D eigenvalue weighted by molar-refractivity contribution is 0.432. The summed E-state index contributed by atoms with van der Waals surface area (Å²) in [6, 6.07) is 18.6. The van der Waals surface area contributed by atoms with E-state index in [0.717, 1.165) is 27.7 Å². The normalized spacial score (nSPS) is 10.9. The Hall–Kier alpha value is -4.77. The largest absolute Gasteiger partial charge is 0.332 e. The molecular weight excluding hydrogens is 428 g/mol. The molecule has 0 unspecified atom stereocenters. The fourth-order valence-corrected chi connectivity index (χ4v) is 3.93. The second-order valence-electron chi connectivity index (χ2n) is 8.04. The van der Waals surface area contributed by atoms with Gasteiger partial charge in [-0.25, -0.2) is 0 Å². The summed E-state index contributed by atoms with van der Waals surface area (Å²) in [7, 11) is 1.77. The molecule has 0 saturated heterocycles. The standard InChI is InChI=1S/C26H20N6O2/c1-15-8-9-19(29-26-30-24(34-31-26)20-7-5-4-6-17(20)13-27)12-21(15)22-11-18-14-28-16(2)10-23(18)32(3)25(22)33/h4-12,14H,1-3H3,(H,29,31). The first-order chi connectivity index (χ1) is 16.4. The maximum atomic E-state index is 13.2. The Morgan fingerprint density at radius 3 is 2.68 bits per heavy atom. The molecule has 5 rings (SSSR count). The molecule has 0 aliphatic carbocycles. The number of hydrogen-bond acceptors (Lipinski definition) is 7. The van der Waals surface area contributed by atoms with Crippen LogP contribution in [-0.2, 0) is 7.05 Å². The van der Waals surface area contributed by atoms with Crippen LogP contribution in [0.2, 0.25) is 0 Å². The Morgan fingerprint density at radius 2 is 1.85 bits per heavy atom. The predicted octanol–water partition coefficient (Wildman–Crippen LogP) is 4.88. The zero-order valence-corrected chi connectivity index (χ0v) is 18.8. The lowest BCUT2D eigenvalue weighted by atomic mass is 9.99. The van der Waals surface area contributed by atoms with E-state index in [-0.39, 0.29) is 17.4 Å². The molecule has 0 saturated carbocycles. The summed E-state index contributed by atoms with van der Waals surface area (Å²) in [4.78, 5) is 21.9. The number of hydrogen-bond donors (Lipinski definition) is 1. The second kappa shape index (κ2) is 8.30. The van der Waals surface area contributed by atoms with Crippen molar-refractivity contribution in [3.8, 4) is 28.7 Å². The molecule has 8 heteroatoms. The smallest absolute Gasteiger partial charge is 0.268 e. The maximum absolute atomic E-state index is 13.2. The summed E-state index contributed by atoms with van der Waals surface area (Å²) >= 11 is 0. The summed E-state index contributed by atoms with van der Waals surface area (Å²) in [6.07, 6.45) is 1.78. The van der Waals surface area contributed by atoms with Gasteiger partial charge in [-0.05, 0) is 66.5 Å². The minimum absolute atomic E-state index is 0.0895. The monoisotopic (exact) mass is 448 g/mol. The molecule has 3 heterocycles. The summed E-state index contributed by atoms with van der Waals surface area (Å²) in [5.74, 6) is 0.502. The predicted molar refractivity (Wildman–Crippen MR) is 130 cm³/mol. The van der Waals surface area contributed by atoms with Crippen molar-refractivity contribution in [1.29, 1.82) is 5.26 Å². The van der Waals surface area contributed by atoms with E-state index in [0.29, 0.717) is 22.4 Å². The Morgan fingerprint density at radius 1 is 1.03 bits per heavy atom. The van der Waals surface area contributed by atoms with Crippen LogP contribution in [0.3, 0.4) is 0 Å². The molecule has 0 bridgehead atoms. The lowest BCUT2D eigenvalue weighted by Crippen LogP contribution is -2.19. The molecule has 0 atom stereocenters. The molecule has 0 fully saturated rings. The third-order valence-corrected chi connectivity index (χ3v) is 5.73. The Bertz CT molecular complexity index is 1660. The SMILES string of the molecule is Cc1cc2c(cn1)cc(-c1cc(Nc3noc(-c4ccccc4C#N)n3)ccc1C)c(=O)n2C. The van der Waals surface area contributed by atoms with Gasteiger partial charge >= 0.3 is 0 Å². The van der Waals surface area contributed by atoms with E-state index in [4.69, 9.17) is 4.52 Å². The van der Waals surface area contributed by atoms with Crippen molar-refractivity contribution in [1.82, 2.24) is 19.7 Å². The maximum Gasteiger partial charge on any atom is 0.268 e. The van der Waals surface area contributed by atoms with Crippen LogP contribution in [0.5, 0.6) is 0 Å². The van der Waals surface area contributed by atoms with Gasteiger partial charge in [-0.2, -0.15) is 10.2 Å². The van der Waals surface area contributed by atoms with Crippen molar-refractivity contribution in [2.45, 2.75) is 13.8 Å². The van der Waals surface area contributed by atoms with Crippen molar-refractivity contribution in [2.24, 2.45) is 7.05 Å². The minimum Gasteiger partial charge on any atom is -0.332 e. The number of benzene rings is 2. The highest BCUT2D eigenvalue weighted by molar-refractivity contribution is 5.85. The van der Waals surface area contributed by atoms with Crippen molar-refractivity contribution < 1.29 is 4.52 Å². The summed E-state index contributed by atoms with van der Waals surface area (Å²) in [5.41, 5.74) is 5.66. The van der Waals surface area contributed by atoms with Gasteiger partial charge in [0.25, 0.3) is 17.4 Å². The van der Waals surface area contributed by atoms with Gasteiger partial charge in [-0.1, -0.05) is 18.2 Å². The Labute approximate surface area is 195 Å². The van der Waals surface area contributed by atoms with E-state index in [1.54, 1.807) is 42.1 Å². The van der Waals surface area contributed by atoms with Crippen LogP contribution >= 0.6 is 0 Å². The van der Waals surface area contributed by atoms with Crippen molar-refractivity contribution >= 4 is 22.5 Å². The van der Waals surface area contributed by atoms with E-state index in [1.165, 1.54) is 0 Å². The van der Waals surface area contributed by atoms with Crippen LogP contribution in [0.25, 0.3) is 33.5 Å². The minimum atomic E-state index is -0.0895. The van der Waals surface area contributed by atoms with E-state index in [9.17, 15) is 10.1 Å². The lowest BCUT2D eigenvalue weighted by Gasteiger charge is -2.12. The van der Waals surface area contributed by atoms with E-state index in [2.05, 4.69) is 26.5 Å². The fraction of sp³-hybridized carbons (Fsp3) is 0.115. The molecule has 8 nitrogen and oxygen atoms in total. The molecule has 3 aromatic heterocycles. The van der Waals surface area contributed by atoms with E-state index < -0.39 is 0 Å². The Kier molecular flexibility index (Phi) is 5.15.